The molecule has 5 aromatic rings. The molecule has 0 atom stereocenters. The number of carbonyl (C=O) groups excluding carboxylic acids is 1. The molecule has 0 N–H and O–H groups in total. The predicted molar refractivity (Wildman–Crippen MR) is 155 cm³/mol. The molecule has 10 nitrogen and oxygen atoms in total. The van der Waals surface area contributed by atoms with Crippen LogP contribution in [0.2, 0.25) is 5.02 Å². The molecule has 210 valence electrons. The number of aromatic nitrogens is 2. The summed E-state index contributed by atoms with van der Waals surface area (Å²) in [7, 11) is 3.01. The third kappa shape index (κ3) is 5.73. The molecule has 3 aromatic carbocycles. The highest BCUT2D eigenvalue weighted by molar-refractivity contribution is 6.31. The fourth-order valence-electron chi connectivity index (χ4n) is 4.25. The van der Waals surface area contributed by atoms with Crippen molar-refractivity contribution < 1.29 is 28.2 Å². The number of halogens is 1. The molecule has 0 saturated heterocycles. The minimum atomic E-state index is -0.558. The summed E-state index contributed by atoms with van der Waals surface area (Å²) in [5.41, 5.74) is 0.958. The first-order valence-electron chi connectivity index (χ1n) is 12.6. The van der Waals surface area contributed by atoms with Crippen LogP contribution in [0.1, 0.15) is 19.4 Å². The molecule has 0 spiro atoms. The highest BCUT2D eigenvalue weighted by Crippen LogP contribution is 2.35. The normalized spacial score (nSPS) is 11.5. The summed E-state index contributed by atoms with van der Waals surface area (Å²) in [6.07, 6.45) is 1.07. The molecule has 0 aliphatic carbocycles. The molecule has 0 bridgehead atoms. The summed E-state index contributed by atoms with van der Waals surface area (Å²) in [5, 5.41) is 5.88. The van der Waals surface area contributed by atoms with Crippen LogP contribution in [-0.2, 0) is 9.53 Å². The van der Waals surface area contributed by atoms with Crippen molar-refractivity contribution in [3.05, 3.63) is 81.6 Å². The maximum atomic E-state index is 13.7. The van der Waals surface area contributed by atoms with Gasteiger partial charge in [-0.1, -0.05) is 29.8 Å². The summed E-state index contributed by atoms with van der Waals surface area (Å²) in [5.74, 6) is 0.987. The lowest BCUT2D eigenvalue weighted by Crippen LogP contribution is -2.20. The number of rotatable bonds is 9. The van der Waals surface area contributed by atoms with Crippen LogP contribution in [0.25, 0.3) is 33.5 Å². The van der Waals surface area contributed by atoms with Crippen LogP contribution in [0.15, 0.2) is 75.0 Å². The average Bonchev–Trinajstić information content (AvgIpc) is 3.40. The number of para-hydroxylation sites is 1. The van der Waals surface area contributed by atoms with E-state index in [4.69, 9.17) is 39.9 Å². The van der Waals surface area contributed by atoms with E-state index < -0.39 is 11.5 Å². The minimum Gasteiger partial charge on any atom is -0.496 e. The van der Waals surface area contributed by atoms with Gasteiger partial charge in [-0.2, -0.15) is 9.78 Å². The van der Waals surface area contributed by atoms with Gasteiger partial charge < -0.3 is 23.4 Å². The number of ether oxygens (including phenoxy) is 4. The quantitative estimate of drug-likeness (QED) is 0.163. The molecule has 0 aliphatic heterocycles. The molecule has 0 amide bonds. The predicted octanol–water partition coefficient (Wildman–Crippen LogP) is 5.69. The zero-order valence-corrected chi connectivity index (χ0v) is 23.5. The van der Waals surface area contributed by atoms with E-state index in [1.165, 1.54) is 13.3 Å². The monoisotopic (exact) mass is 575 g/mol. The standard InChI is InChI=1S/C30H26ClN3O7/c1-17(2)40-27(35)16-39-28-18(12-19(31)13-25(28)38-4)15-32-34-29(33-22-9-6-5-8-20(22)30(34)36)26-14-21-23(37-3)10-7-11-24(21)41-26/h5-15,17H,16H2,1-4H3. The fourth-order valence-corrected chi connectivity index (χ4v) is 4.47. The van der Waals surface area contributed by atoms with Crippen molar-refractivity contribution >= 4 is 45.7 Å². The number of furan rings is 1. The Bertz CT molecular complexity index is 1840. The van der Waals surface area contributed by atoms with Gasteiger partial charge in [0.1, 0.15) is 11.3 Å². The van der Waals surface area contributed by atoms with E-state index in [0.717, 1.165) is 4.68 Å². The molecule has 2 aromatic heterocycles. The maximum absolute atomic E-state index is 13.7. The third-order valence-corrected chi connectivity index (χ3v) is 6.22. The number of methoxy groups -OCH3 is 2. The Balaban J connectivity index is 1.65. The van der Waals surface area contributed by atoms with E-state index >= 15 is 0 Å². The largest absolute Gasteiger partial charge is 0.496 e. The van der Waals surface area contributed by atoms with Gasteiger partial charge in [-0.15, -0.1) is 0 Å². The molecule has 0 saturated carbocycles. The molecule has 0 fully saturated rings. The molecule has 11 heteroatoms. The Hall–Kier alpha value is -4.83. The first-order valence-corrected chi connectivity index (χ1v) is 13.0. The van der Waals surface area contributed by atoms with Gasteiger partial charge in [0.15, 0.2) is 23.9 Å². The van der Waals surface area contributed by atoms with Crippen LogP contribution >= 0.6 is 11.6 Å². The van der Waals surface area contributed by atoms with Crippen LogP contribution in [-0.4, -0.2) is 48.8 Å². The number of fused-ring (bicyclic) bond motifs is 2. The number of esters is 1. The van der Waals surface area contributed by atoms with E-state index in [-0.39, 0.29) is 30.0 Å². The lowest BCUT2D eigenvalue weighted by atomic mass is 10.2. The summed E-state index contributed by atoms with van der Waals surface area (Å²) in [4.78, 5) is 30.5. The van der Waals surface area contributed by atoms with Gasteiger partial charge in [-0.25, -0.2) is 9.78 Å². The second kappa shape index (κ2) is 11.7. The Morgan fingerprint density at radius 3 is 2.59 bits per heavy atom. The van der Waals surface area contributed by atoms with Crippen LogP contribution in [0.5, 0.6) is 17.2 Å². The highest BCUT2D eigenvalue weighted by atomic mass is 35.5. The Labute approximate surface area is 239 Å². The third-order valence-electron chi connectivity index (χ3n) is 6.00. The second-order valence-corrected chi connectivity index (χ2v) is 9.59. The fraction of sp³-hybridized carbons (Fsp3) is 0.200. The Morgan fingerprint density at radius 1 is 1.05 bits per heavy atom. The van der Waals surface area contributed by atoms with Gasteiger partial charge in [0, 0.05) is 16.7 Å². The number of hydrogen-bond acceptors (Lipinski definition) is 9. The van der Waals surface area contributed by atoms with E-state index in [9.17, 15) is 9.59 Å². The van der Waals surface area contributed by atoms with Crippen LogP contribution < -0.4 is 19.8 Å². The molecule has 0 aliphatic rings. The molecule has 2 heterocycles. The van der Waals surface area contributed by atoms with Gasteiger partial charge in [-0.3, -0.25) is 4.79 Å². The highest BCUT2D eigenvalue weighted by Gasteiger charge is 2.19. The first kappa shape index (κ1) is 27.7. The lowest BCUT2D eigenvalue weighted by Gasteiger charge is -2.14. The molecule has 0 unspecified atom stereocenters. The molecular weight excluding hydrogens is 550 g/mol. The van der Waals surface area contributed by atoms with Crippen LogP contribution in [0, 0.1) is 0 Å². The van der Waals surface area contributed by atoms with E-state index in [0.29, 0.717) is 44.0 Å². The Kier molecular flexibility index (Phi) is 7.93. The SMILES string of the molecule is COc1cc(Cl)cc(C=Nn2c(-c3cc4c(OC)cccc4o3)nc3ccccc3c2=O)c1OCC(=O)OC(C)C. The summed E-state index contributed by atoms with van der Waals surface area (Å²) in [6, 6.07) is 17.2. The lowest BCUT2D eigenvalue weighted by molar-refractivity contribution is -0.149. The van der Waals surface area contributed by atoms with Crippen molar-refractivity contribution in [2.75, 3.05) is 20.8 Å². The van der Waals surface area contributed by atoms with Gasteiger partial charge >= 0.3 is 5.97 Å². The number of benzene rings is 3. The Morgan fingerprint density at radius 2 is 1.83 bits per heavy atom. The van der Waals surface area contributed by atoms with Crippen molar-refractivity contribution in [3.8, 4) is 28.8 Å². The topological polar surface area (TPSA) is 114 Å². The summed E-state index contributed by atoms with van der Waals surface area (Å²) in [6.45, 7) is 3.11. The maximum Gasteiger partial charge on any atom is 0.344 e. The van der Waals surface area contributed by atoms with Gasteiger partial charge in [0.25, 0.3) is 5.56 Å². The van der Waals surface area contributed by atoms with Crippen LogP contribution in [0.4, 0.5) is 0 Å². The van der Waals surface area contributed by atoms with Gasteiger partial charge in [-0.05, 0) is 50.2 Å². The van der Waals surface area contributed by atoms with E-state index in [2.05, 4.69) is 5.10 Å². The minimum absolute atomic E-state index is 0.167. The van der Waals surface area contributed by atoms with Gasteiger partial charge in [0.2, 0.25) is 5.82 Å². The first-order chi connectivity index (χ1) is 19.8. The van der Waals surface area contributed by atoms with Crippen molar-refractivity contribution in [1.29, 1.82) is 0 Å². The van der Waals surface area contributed by atoms with Crippen molar-refractivity contribution in [1.82, 2.24) is 9.66 Å². The number of nitrogens with zero attached hydrogens (tertiary/aromatic N) is 3. The molecule has 5 rings (SSSR count). The second-order valence-electron chi connectivity index (χ2n) is 9.15. The zero-order chi connectivity index (χ0) is 29.1. The summed E-state index contributed by atoms with van der Waals surface area (Å²) < 4.78 is 29.0. The van der Waals surface area contributed by atoms with Crippen molar-refractivity contribution in [3.63, 3.8) is 0 Å². The molecule has 0 radical (unpaired) electrons. The molecular formula is C30H26ClN3O7. The molecule has 41 heavy (non-hydrogen) atoms. The smallest absolute Gasteiger partial charge is 0.344 e. The average molecular weight is 576 g/mol. The number of hydrogen-bond donors (Lipinski definition) is 0. The van der Waals surface area contributed by atoms with E-state index in [1.807, 2.05) is 6.07 Å². The van der Waals surface area contributed by atoms with Crippen molar-refractivity contribution in [2.24, 2.45) is 5.10 Å². The van der Waals surface area contributed by atoms with Gasteiger partial charge in [0.05, 0.1) is 42.8 Å². The van der Waals surface area contributed by atoms with Crippen LogP contribution in [0.3, 0.4) is 0 Å². The zero-order valence-electron chi connectivity index (χ0n) is 22.7. The number of carbonyl (C=O) groups is 1. The summed E-state index contributed by atoms with van der Waals surface area (Å²) >= 11 is 6.33. The van der Waals surface area contributed by atoms with E-state index in [1.54, 1.807) is 75.6 Å². The van der Waals surface area contributed by atoms with Crippen molar-refractivity contribution in [2.45, 2.75) is 20.0 Å².